The molecular formula is C23H24N2O3S2. The van der Waals surface area contributed by atoms with Crippen molar-refractivity contribution in [3.8, 4) is 0 Å². The zero-order valence-electron chi connectivity index (χ0n) is 16.5. The Balaban J connectivity index is 1.47. The van der Waals surface area contributed by atoms with Crippen LogP contribution in [-0.4, -0.2) is 45.3 Å². The first kappa shape index (κ1) is 22.2. The molecule has 2 aromatic carbocycles. The first-order valence-corrected chi connectivity index (χ1v) is 11.0. The van der Waals surface area contributed by atoms with E-state index in [1.54, 1.807) is 4.90 Å². The molecule has 3 rings (SSSR count). The maximum Gasteiger partial charge on any atom is 0.266 e. The number of rotatable bonds is 9. The highest BCUT2D eigenvalue weighted by atomic mass is 32.2. The molecule has 1 saturated heterocycles. The zero-order chi connectivity index (χ0) is 21.3. The van der Waals surface area contributed by atoms with E-state index < -0.39 is 0 Å². The van der Waals surface area contributed by atoms with Crippen LogP contribution in [-0.2, 0) is 16.0 Å². The van der Waals surface area contributed by atoms with Crippen molar-refractivity contribution in [1.82, 2.24) is 10.2 Å². The molecule has 1 heterocycles. The smallest absolute Gasteiger partial charge is 0.266 e. The molecule has 1 fully saturated rings. The summed E-state index contributed by atoms with van der Waals surface area (Å²) in [4.78, 5) is 27.1. The summed E-state index contributed by atoms with van der Waals surface area (Å²) in [5.41, 5.74) is 2.01. The van der Waals surface area contributed by atoms with Gasteiger partial charge in [-0.2, -0.15) is 0 Å². The number of amides is 2. The fourth-order valence-corrected chi connectivity index (χ4v) is 4.46. The van der Waals surface area contributed by atoms with Gasteiger partial charge in [0.15, 0.2) is 0 Å². The van der Waals surface area contributed by atoms with Gasteiger partial charge in [-0.3, -0.25) is 14.5 Å². The molecular weight excluding hydrogens is 416 g/mol. The Morgan fingerprint density at radius 1 is 1.13 bits per heavy atom. The number of aliphatic hydroxyl groups is 1. The Hall–Kier alpha value is -2.48. The molecule has 5 nitrogen and oxygen atoms in total. The van der Waals surface area contributed by atoms with Crippen molar-refractivity contribution < 1.29 is 14.7 Å². The number of nitrogens with zero attached hydrogens (tertiary/aromatic N) is 1. The van der Waals surface area contributed by atoms with Gasteiger partial charge in [0.2, 0.25) is 5.91 Å². The Labute approximate surface area is 186 Å². The average Bonchev–Trinajstić information content (AvgIpc) is 3.02. The van der Waals surface area contributed by atoms with E-state index in [0.717, 1.165) is 11.1 Å². The monoisotopic (exact) mass is 440 g/mol. The summed E-state index contributed by atoms with van der Waals surface area (Å²) in [6.07, 6.45) is 3.17. The van der Waals surface area contributed by atoms with Crippen molar-refractivity contribution in [3.63, 3.8) is 0 Å². The number of thioether (sulfide) groups is 1. The number of benzene rings is 2. The third-order valence-electron chi connectivity index (χ3n) is 4.67. The molecule has 7 heteroatoms. The van der Waals surface area contributed by atoms with Crippen molar-refractivity contribution in [2.24, 2.45) is 0 Å². The molecule has 1 unspecified atom stereocenters. The number of carbonyl (C=O) groups is 2. The van der Waals surface area contributed by atoms with Gasteiger partial charge in [-0.25, -0.2) is 0 Å². The highest BCUT2D eigenvalue weighted by molar-refractivity contribution is 8.26. The number of hydrogen-bond acceptors (Lipinski definition) is 5. The van der Waals surface area contributed by atoms with E-state index in [4.69, 9.17) is 12.2 Å². The molecule has 1 aliphatic heterocycles. The Kier molecular flexibility index (Phi) is 8.19. The predicted octanol–water partition coefficient (Wildman–Crippen LogP) is 3.39. The first-order chi connectivity index (χ1) is 14.6. The molecule has 2 amide bonds. The number of carbonyl (C=O) groups excluding carboxylic acids is 2. The molecule has 0 aromatic heterocycles. The highest BCUT2D eigenvalue weighted by Crippen LogP contribution is 2.32. The summed E-state index contributed by atoms with van der Waals surface area (Å²) in [5, 5.41) is 12.4. The molecule has 30 heavy (non-hydrogen) atoms. The van der Waals surface area contributed by atoms with Crippen LogP contribution in [0.15, 0.2) is 65.6 Å². The molecule has 2 N–H and O–H groups in total. The summed E-state index contributed by atoms with van der Waals surface area (Å²) in [7, 11) is 0. The molecule has 0 bridgehead atoms. The second kappa shape index (κ2) is 11.1. The molecule has 1 atom stereocenters. The van der Waals surface area contributed by atoms with Crippen LogP contribution in [0.4, 0.5) is 0 Å². The Bertz CT molecular complexity index is 917. The predicted molar refractivity (Wildman–Crippen MR) is 125 cm³/mol. The van der Waals surface area contributed by atoms with Gasteiger partial charge in [-0.1, -0.05) is 84.6 Å². The SMILES string of the molecule is O=C(CCCN1C(=O)C(=Cc2ccccc2)SC1=S)NC(CO)Cc1ccccc1. The van der Waals surface area contributed by atoms with E-state index in [1.807, 2.05) is 66.7 Å². The first-order valence-electron chi connectivity index (χ1n) is 9.81. The Morgan fingerprint density at radius 3 is 2.47 bits per heavy atom. The maximum atomic E-state index is 12.6. The summed E-state index contributed by atoms with van der Waals surface area (Å²) < 4.78 is 0.514. The largest absolute Gasteiger partial charge is 0.394 e. The molecule has 0 spiro atoms. The summed E-state index contributed by atoms with van der Waals surface area (Å²) >= 11 is 6.63. The van der Waals surface area contributed by atoms with E-state index in [-0.39, 0.29) is 30.9 Å². The molecule has 0 radical (unpaired) electrons. The van der Waals surface area contributed by atoms with Crippen LogP contribution in [0.25, 0.3) is 6.08 Å². The normalized spacial score (nSPS) is 16.2. The van der Waals surface area contributed by atoms with Crippen LogP contribution in [0.3, 0.4) is 0 Å². The minimum absolute atomic E-state index is 0.119. The zero-order valence-corrected chi connectivity index (χ0v) is 18.1. The van der Waals surface area contributed by atoms with Crippen LogP contribution in [0.5, 0.6) is 0 Å². The average molecular weight is 441 g/mol. The summed E-state index contributed by atoms with van der Waals surface area (Å²) in [6.45, 7) is 0.270. The standard InChI is InChI=1S/C23H24N2O3S2/c26-16-19(14-17-8-3-1-4-9-17)24-21(27)12-7-13-25-22(28)20(30-23(25)29)15-18-10-5-2-6-11-18/h1-6,8-11,15,19,26H,7,12-14,16H2,(H,24,27). The molecule has 0 saturated carbocycles. The van der Waals surface area contributed by atoms with Crippen molar-refractivity contribution >= 4 is 46.2 Å². The van der Waals surface area contributed by atoms with E-state index in [9.17, 15) is 14.7 Å². The quantitative estimate of drug-likeness (QED) is 0.462. The summed E-state index contributed by atoms with van der Waals surface area (Å²) in [5.74, 6) is -0.262. The van der Waals surface area contributed by atoms with Crippen LogP contribution in [0.1, 0.15) is 24.0 Å². The van der Waals surface area contributed by atoms with Gasteiger partial charge < -0.3 is 10.4 Å². The van der Waals surface area contributed by atoms with E-state index >= 15 is 0 Å². The molecule has 156 valence electrons. The van der Waals surface area contributed by atoms with Crippen LogP contribution < -0.4 is 5.32 Å². The number of aliphatic hydroxyl groups excluding tert-OH is 1. The van der Waals surface area contributed by atoms with E-state index in [2.05, 4.69) is 5.32 Å². The molecule has 0 aliphatic carbocycles. The van der Waals surface area contributed by atoms with Gasteiger partial charge in [-0.05, 0) is 30.0 Å². The van der Waals surface area contributed by atoms with Gasteiger partial charge in [0.1, 0.15) is 4.32 Å². The van der Waals surface area contributed by atoms with E-state index in [1.165, 1.54) is 11.8 Å². The molecule has 2 aromatic rings. The number of hydrogen-bond donors (Lipinski definition) is 2. The Morgan fingerprint density at radius 2 is 1.80 bits per heavy atom. The van der Waals surface area contributed by atoms with Crippen LogP contribution in [0, 0.1) is 0 Å². The second-order valence-electron chi connectivity index (χ2n) is 6.98. The number of thiocarbonyl (C=S) groups is 1. The van der Waals surface area contributed by atoms with Gasteiger partial charge in [0.25, 0.3) is 5.91 Å². The lowest BCUT2D eigenvalue weighted by atomic mass is 10.1. The van der Waals surface area contributed by atoms with Crippen molar-refractivity contribution in [2.75, 3.05) is 13.2 Å². The van der Waals surface area contributed by atoms with Crippen LogP contribution in [0.2, 0.25) is 0 Å². The molecule has 1 aliphatic rings. The topological polar surface area (TPSA) is 69.6 Å². The fourth-order valence-electron chi connectivity index (χ4n) is 3.15. The highest BCUT2D eigenvalue weighted by Gasteiger charge is 2.31. The van der Waals surface area contributed by atoms with Gasteiger partial charge in [0.05, 0.1) is 17.6 Å². The third-order valence-corrected chi connectivity index (χ3v) is 6.04. The minimum atomic E-state index is -0.328. The lowest BCUT2D eigenvalue weighted by Gasteiger charge is -2.17. The van der Waals surface area contributed by atoms with Crippen molar-refractivity contribution in [3.05, 3.63) is 76.7 Å². The lowest BCUT2D eigenvalue weighted by Crippen LogP contribution is -2.39. The van der Waals surface area contributed by atoms with Crippen molar-refractivity contribution in [1.29, 1.82) is 0 Å². The van der Waals surface area contributed by atoms with Crippen LogP contribution >= 0.6 is 24.0 Å². The van der Waals surface area contributed by atoms with Gasteiger partial charge in [-0.15, -0.1) is 0 Å². The minimum Gasteiger partial charge on any atom is -0.394 e. The van der Waals surface area contributed by atoms with Gasteiger partial charge >= 0.3 is 0 Å². The second-order valence-corrected chi connectivity index (χ2v) is 8.66. The lowest BCUT2D eigenvalue weighted by molar-refractivity contribution is -0.124. The third kappa shape index (κ3) is 6.26. The maximum absolute atomic E-state index is 12.6. The van der Waals surface area contributed by atoms with E-state index in [0.29, 0.717) is 28.6 Å². The fraction of sp³-hybridized carbons (Fsp3) is 0.261. The summed E-state index contributed by atoms with van der Waals surface area (Å²) in [6, 6.07) is 19.0. The van der Waals surface area contributed by atoms with Gasteiger partial charge in [0, 0.05) is 13.0 Å². The van der Waals surface area contributed by atoms with Crippen molar-refractivity contribution in [2.45, 2.75) is 25.3 Å². The number of nitrogens with one attached hydrogen (secondary N) is 1.